The molecule has 1 aromatic heterocycles. The zero-order chi connectivity index (χ0) is 11.4. The van der Waals surface area contributed by atoms with E-state index in [0.717, 1.165) is 17.0 Å². The van der Waals surface area contributed by atoms with E-state index in [2.05, 4.69) is 4.98 Å². The van der Waals surface area contributed by atoms with E-state index in [1.54, 1.807) is 6.20 Å². The highest BCUT2D eigenvalue weighted by atomic mass is 16.5. The molecule has 0 aliphatic carbocycles. The van der Waals surface area contributed by atoms with Crippen molar-refractivity contribution in [3.05, 3.63) is 48.7 Å². The molecule has 82 valence electrons. The van der Waals surface area contributed by atoms with E-state index < -0.39 is 0 Å². The molecular formula is C14H15NO. The third kappa shape index (κ3) is 2.40. The van der Waals surface area contributed by atoms with Gasteiger partial charge in [0.15, 0.2) is 0 Å². The Labute approximate surface area is 95.9 Å². The predicted octanol–water partition coefficient (Wildman–Crippen LogP) is 3.54. The highest BCUT2D eigenvalue weighted by molar-refractivity contribution is 5.65. The lowest BCUT2D eigenvalue weighted by Gasteiger charge is -2.13. The molecule has 0 amide bonds. The van der Waals surface area contributed by atoms with Gasteiger partial charge in [0.2, 0.25) is 0 Å². The third-order valence-corrected chi connectivity index (χ3v) is 2.18. The molecule has 0 saturated heterocycles. The molecule has 0 bridgehead atoms. The molecule has 2 aromatic rings. The lowest BCUT2D eigenvalue weighted by molar-refractivity contribution is 0.242. The van der Waals surface area contributed by atoms with Gasteiger partial charge in [-0.15, -0.1) is 0 Å². The zero-order valence-electron chi connectivity index (χ0n) is 9.55. The standard InChI is InChI=1S/C14H15NO/c1-11(2)16-13-9-6-10-15-14(13)12-7-4-3-5-8-12/h3-11H,1-2H3. The number of hydrogen-bond donors (Lipinski definition) is 0. The second-order valence-electron chi connectivity index (χ2n) is 3.88. The molecule has 0 radical (unpaired) electrons. The first-order valence-corrected chi connectivity index (χ1v) is 5.44. The van der Waals surface area contributed by atoms with E-state index in [4.69, 9.17) is 4.74 Å². The van der Waals surface area contributed by atoms with Crippen LogP contribution in [0.3, 0.4) is 0 Å². The fraction of sp³-hybridized carbons (Fsp3) is 0.214. The largest absolute Gasteiger partial charge is 0.489 e. The second-order valence-corrected chi connectivity index (χ2v) is 3.88. The van der Waals surface area contributed by atoms with Crippen molar-refractivity contribution in [2.24, 2.45) is 0 Å². The SMILES string of the molecule is CC(C)Oc1cccnc1-c1ccccc1. The molecule has 0 fully saturated rings. The van der Waals surface area contributed by atoms with E-state index in [1.165, 1.54) is 0 Å². The summed E-state index contributed by atoms with van der Waals surface area (Å²) >= 11 is 0. The van der Waals surface area contributed by atoms with E-state index in [0.29, 0.717) is 0 Å². The van der Waals surface area contributed by atoms with Crippen molar-refractivity contribution in [3.8, 4) is 17.0 Å². The van der Waals surface area contributed by atoms with Gasteiger partial charge in [0.1, 0.15) is 11.4 Å². The lowest BCUT2D eigenvalue weighted by Crippen LogP contribution is -2.06. The maximum absolute atomic E-state index is 5.74. The summed E-state index contributed by atoms with van der Waals surface area (Å²) in [5.41, 5.74) is 1.98. The van der Waals surface area contributed by atoms with Crippen LogP contribution in [0.1, 0.15) is 13.8 Å². The van der Waals surface area contributed by atoms with E-state index in [1.807, 2.05) is 56.3 Å². The molecule has 0 spiro atoms. The van der Waals surface area contributed by atoms with Crippen LogP contribution >= 0.6 is 0 Å². The van der Waals surface area contributed by atoms with Crippen LogP contribution in [0.25, 0.3) is 11.3 Å². The molecule has 2 rings (SSSR count). The minimum absolute atomic E-state index is 0.159. The highest BCUT2D eigenvalue weighted by Gasteiger charge is 2.07. The van der Waals surface area contributed by atoms with Crippen LogP contribution in [0.5, 0.6) is 5.75 Å². The molecule has 2 nitrogen and oxygen atoms in total. The molecule has 0 saturated carbocycles. The van der Waals surface area contributed by atoms with Crippen molar-refractivity contribution in [2.45, 2.75) is 20.0 Å². The molecule has 0 N–H and O–H groups in total. The maximum atomic E-state index is 5.74. The predicted molar refractivity (Wildman–Crippen MR) is 65.4 cm³/mol. The van der Waals surface area contributed by atoms with Gasteiger partial charge in [0.25, 0.3) is 0 Å². The van der Waals surface area contributed by atoms with Crippen molar-refractivity contribution in [3.63, 3.8) is 0 Å². The molecule has 16 heavy (non-hydrogen) atoms. The van der Waals surface area contributed by atoms with Gasteiger partial charge in [0.05, 0.1) is 6.10 Å². The Balaban J connectivity index is 2.41. The van der Waals surface area contributed by atoms with Gasteiger partial charge in [-0.3, -0.25) is 4.98 Å². The van der Waals surface area contributed by atoms with Crippen molar-refractivity contribution < 1.29 is 4.74 Å². The fourth-order valence-electron chi connectivity index (χ4n) is 1.55. The summed E-state index contributed by atoms with van der Waals surface area (Å²) in [4.78, 5) is 4.38. The number of rotatable bonds is 3. The Morgan fingerprint density at radius 1 is 1.00 bits per heavy atom. The van der Waals surface area contributed by atoms with E-state index >= 15 is 0 Å². The van der Waals surface area contributed by atoms with Gasteiger partial charge in [-0.1, -0.05) is 30.3 Å². The average Bonchev–Trinajstić information content (AvgIpc) is 2.30. The minimum Gasteiger partial charge on any atom is -0.489 e. The molecule has 0 unspecified atom stereocenters. The number of ether oxygens (including phenoxy) is 1. The minimum atomic E-state index is 0.159. The molecule has 0 atom stereocenters. The van der Waals surface area contributed by atoms with Crippen molar-refractivity contribution in [1.29, 1.82) is 0 Å². The summed E-state index contributed by atoms with van der Waals surface area (Å²) in [7, 11) is 0. The first-order valence-electron chi connectivity index (χ1n) is 5.44. The van der Waals surface area contributed by atoms with Crippen molar-refractivity contribution in [2.75, 3.05) is 0 Å². The smallest absolute Gasteiger partial charge is 0.145 e. The average molecular weight is 213 g/mol. The summed E-state index contributed by atoms with van der Waals surface area (Å²) < 4.78 is 5.74. The number of hydrogen-bond acceptors (Lipinski definition) is 2. The molecule has 2 heteroatoms. The van der Waals surface area contributed by atoms with E-state index in [9.17, 15) is 0 Å². The number of nitrogens with zero attached hydrogens (tertiary/aromatic N) is 1. The first kappa shape index (κ1) is 10.7. The van der Waals surface area contributed by atoms with Crippen molar-refractivity contribution in [1.82, 2.24) is 4.98 Å². The van der Waals surface area contributed by atoms with Gasteiger partial charge < -0.3 is 4.74 Å². The summed E-state index contributed by atoms with van der Waals surface area (Å²) in [5, 5.41) is 0. The van der Waals surface area contributed by atoms with Gasteiger partial charge in [-0.25, -0.2) is 0 Å². The normalized spacial score (nSPS) is 10.4. The van der Waals surface area contributed by atoms with Gasteiger partial charge >= 0.3 is 0 Å². The van der Waals surface area contributed by atoms with Crippen LogP contribution in [-0.4, -0.2) is 11.1 Å². The van der Waals surface area contributed by atoms with Crippen LogP contribution < -0.4 is 4.74 Å². The van der Waals surface area contributed by atoms with Crippen LogP contribution in [0, 0.1) is 0 Å². The lowest BCUT2D eigenvalue weighted by atomic mass is 10.1. The summed E-state index contributed by atoms with van der Waals surface area (Å²) in [5.74, 6) is 0.837. The van der Waals surface area contributed by atoms with Gasteiger partial charge in [-0.05, 0) is 26.0 Å². The second kappa shape index (κ2) is 4.79. The summed E-state index contributed by atoms with van der Waals surface area (Å²) in [6, 6.07) is 13.9. The Bertz CT molecular complexity index is 451. The highest BCUT2D eigenvalue weighted by Crippen LogP contribution is 2.27. The summed E-state index contributed by atoms with van der Waals surface area (Å²) in [6.07, 6.45) is 1.95. The Morgan fingerprint density at radius 2 is 1.75 bits per heavy atom. The molecule has 1 heterocycles. The van der Waals surface area contributed by atoms with Gasteiger partial charge in [-0.2, -0.15) is 0 Å². The molecule has 0 aliphatic rings. The molecule has 0 aliphatic heterocycles. The fourth-order valence-corrected chi connectivity index (χ4v) is 1.55. The van der Waals surface area contributed by atoms with Crippen LogP contribution in [-0.2, 0) is 0 Å². The summed E-state index contributed by atoms with van der Waals surface area (Å²) in [6.45, 7) is 4.03. The van der Waals surface area contributed by atoms with E-state index in [-0.39, 0.29) is 6.10 Å². The number of pyridine rings is 1. The maximum Gasteiger partial charge on any atom is 0.145 e. The number of aromatic nitrogens is 1. The molecule has 1 aromatic carbocycles. The zero-order valence-corrected chi connectivity index (χ0v) is 9.55. The first-order chi connectivity index (χ1) is 7.77. The topological polar surface area (TPSA) is 22.1 Å². The van der Waals surface area contributed by atoms with Crippen LogP contribution in [0.4, 0.5) is 0 Å². The Kier molecular flexibility index (Phi) is 3.20. The Hall–Kier alpha value is -1.83. The number of benzene rings is 1. The quantitative estimate of drug-likeness (QED) is 0.778. The Morgan fingerprint density at radius 3 is 2.44 bits per heavy atom. The van der Waals surface area contributed by atoms with Crippen LogP contribution in [0.15, 0.2) is 48.7 Å². The van der Waals surface area contributed by atoms with Gasteiger partial charge in [0, 0.05) is 11.8 Å². The third-order valence-electron chi connectivity index (χ3n) is 2.18. The van der Waals surface area contributed by atoms with Crippen molar-refractivity contribution >= 4 is 0 Å². The molecular weight excluding hydrogens is 198 g/mol. The monoisotopic (exact) mass is 213 g/mol. The van der Waals surface area contributed by atoms with Crippen LogP contribution in [0.2, 0.25) is 0 Å².